The molecule has 94 valence electrons. The van der Waals surface area contributed by atoms with Crippen molar-refractivity contribution in [2.45, 2.75) is 0 Å². The second-order valence-corrected chi connectivity index (χ2v) is 4.76. The predicted octanol–water partition coefficient (Wildman–Crippen LogP) is 5.11. The number of halogens is 2. The zero-order valence-corrected chi connectivity index (χ0v) is 11.0. The van der Waals surface area contributed by atoms with Crippen molar-refractivity contribution in [1.82, 2.24) is 0 Å². The van der Waals surface area contributed by atoms with Crippen molar-refractivity contribution in [1.29, 1.82) is 0 Å². The van der Waals surface area contributed by atoms with Crippen LogP contribution in [0.25, 0.3) is 21.9 Å². The van der Waals surface area contributed by atoms with Crippen LogP contribution in [0, 0.1) is 5.82 Å². The largest absolute Gasteiger partial charge is 0.507 e. The molecule has 0 aromatic heterocycles. The van der Waals surface area contributed by atoms with Crippen LogP contribution in [-0.2, 0) is 0 Å². The molecule has 3 heteroatoms. The Bertz CT molecular complexity index is 1050. The monoisotopic (exact) mass is 322 g/mol. The number of aromatic hydroxyl groups is 1. The van der Waals surface area contributed by atoms with Gasteiger partial charge in [0.25, 0.3) is 0 Å². The van der Waals surface area contributed by atoms with E-state index in [4.69, 9.17) is 8.22 Å². The molecule has 0 amide bonds. The number of fused-ring (bicyclic) bond motifs is 1. The highest BCUT2D eigenvalue weighted by Gasteiger charge is 2.13. The van der Waals surface area contributed by atoms with E-state index in [0.29, 0.717) is 4.47 Å². The van der Waals surface area contributed by atoms with Crippen LogP contribution in [0.2, 0.25) is 0 Å². The Balaban J connectivity index is 2.67. The zero-order chi connectivity index (χ0) is 18.6. The maximum absolute atomic E-state index is 14.4. The molecule has 0 radical (unpaired) electrons. The molecule has 3 aromatic rings. The highest BCUT2D eigenvalue weighted by molar-refractivity contribution is 9.10. The summed E-state index contributed by atoms with van der Waals surface area (Å²) in [5.74, 6) is -1.44. The summed E-state index contributed by atoms with van der Waals surface area (Å²) in [6.07, 6.45) is 0. The van der Waals surface area contributed by atoms with Crippen LogP contribution in [0.3, 0.4) is 0 Å². The molecule has 0 saturated heterocycles. The average Bonchev–Trinajstić information content (AvgIpc) is 2.58. The number of hydrogen-bond donors (Lipinski definition) is 1. The summed E-state index contributed by atoms with van der Waals surface area (Å²) in [6, 6.07) is 0.602. The van der Waals surface area contributed by atoms with Crippen LogP contribution in [0.1, 0.15) is 8.22 Å². The van der Waals surface area contributed by atoms with E-state index < -0.39 is 47.8 Å². The number of benzene rings is 3. The molecule has 0 saturated carbocycles. The Morgan fingerprint density at radius 2 is 1.89 bits per heavy atom. The first-order valence-electron chi connectivity index (χ1n) is 8.34. The standard InChI is InChI=1S/C16H10BrFO/c17-11-6-7-14(18)13(9-11)16-12-4-2-1-3-10(12)5-8-15(16)19/h1-9,19H/i1D,2D,3D,4D,5D,8D. The van der Waals surface area contributed by atoms with Crippen LogP contribution >= 0.6 is 15.9 Å². The van der Waals surface area contributed by atoms with Crippen molar-refractivity contribution >= 4 is 26.7 Å². The first-order chi connectivity index (χ1) is 11.7. The third-order valence-electron chi connectivity index (χ3n) is 2.68. The fraction of sp³-hybridized carbons (Fsp3) is 0. The smallest absolute Gasteiger partial charge is 0.131 e. The molecule has 19 heavy (non-hydrogen) atoms. The minimum Gasteiger partial charge on any atom is -0.507 e. The van der Waals surface area contributed by atoms with Crippen molar-refractivity contribution in [3.05, 3.63) is 64.7 Å². The normalized spacial score (nSPS) is 15.3. The molecule has 1 nitrogen and oxygen atoms in total. The lowest BCUT2D eigenvalue weighted by Gasteiger charge is -2.10. The van der Waals surface area contributed by atoms with E-state index in [1.165, 1.54) is 12.1 Å². The molecule has 0 aliphatic rings. The van der Waals surface area contributed by atoms with Gasteiger partial charge in [-0.2, -0.15) is 0 Å². The van der Waals surface area contributed by atoms with Crippen LogP contribution in [0.4, 0.5) is 4.39 Å². The topological polar surface area (TPSA) is 20.2 Å². The Labute approximate surface area is 126 Å². The molecule has 0 spiro atoms. The van der Waals surface area contributed by atoms with Crippen molar-refractivity contribution in [3.63, 3.8) is 0 Å². The molecule has 0 aliphatic carbocycles. The summed E-state index contributed by atoms with van der Waals surface area (Å²) in [5.41, 5.74) is -0.364. The second-order valence-electron chi connectivity index (χ2n) is 3.85. The SMILES string of the molecule is [2H]c1c([2H])c([2H])c2c(-c3cc(Br)ccc3F)c(O)c([2H])c([2H])c2c1[2H]. The Hall–Kier alpha value is -1.87. The van der Waals surface area contributed by atoms with Gasteiger partial charge >= 0.3 is 0 Å². The molecule has 0 atom stereocenters. The quantitative estimate of drug-likeness (QED) is 0.659. The maximum atomic E-state index is 14.4. The van der Waals surface area contributed by atoms with Gasteiger partial charge in [0, 0.05) is 15.6 Å². The molecule has 0 heterocycles. The Kier molecular flexibility index (Phi) is 1.73. The first kappa shape index (κ1) is 7.06. The van der Waals surface area contributed by atoms with Gasteiger partial charge in [-0.05, 0) is 35.0 Å². The van der Waals surface area contributed by atoms with Gasteiger partial charge in [0.1, 0.15) is 11.6 Å². The summed E-state index contributed by atoms with van der Waals surface area (Å²) in [7, 11) is 0. The summed E-state index contributed by atoms with van der Waals surface area (Å²) in [5, 5.41) is 9.95. The predicted molar refractivity (Wildman–Crippen MR) is 78.7 cm³/mol. The average molecular weight is 323 g/mol. The van der Waals surface area contributed by atoms with E-state index in [9.17, 15) is 9.50 Å². The van der Waals surface area contributed by atoms with E-state index in [2.05, 4.69) is 15.9 Å². The Morgan fingerprint density at radius 3 is 2.74 bits per heavy atom. The van der Waals surface area contributed by atoms with Gasteiger partial charge in [-0.15, -0.1) is 0 Å². The third-order valence-corrected chi connectivity index (χ3v) is 3.17. The number of rotatable bonds is 1. The lowest BCUT2D eigenvalue weighted by molar-refractivity contribution is 0.477. The highest BCUT2D eigenvalue weighted by Crippen LogP contribution is 2.38. The lowest BCUT2D eigenvalue weighted by atomic mass is 9.97. The summed E-state index contributed by atoms with van der Waals surface area (Å²) < 4.78 is 62.5. The number of phenols is 1. The molecule has 3 rings (SSSR count). The first-order valence-corrected chi connectivity index (χ1v) is 6.13. The second kappa shape index (κ2) is 4.67. The van der Waals surface area contributed by atoms with Crippen molar-refractivity contribution in [2.75, 3.05) is 0 Å². The maximum Gasteiger partial charge on any atom is 0.131 e. The van der Waals surface area contributed by atoms with Gasteiger partial charge in [-0.1, -0.05) is 46.1 Å². The minimum absolute atomic E-state index is 0.129. The molecule has 0 bridgehead atoms. The minimum atomic E-state index is -0.732. The number of hydrogen-bond acceptors (Lipinski definition) is 1. The number of phenolic OH excluding ortho intramolecular Hbond substituents is 1. The lowest BCUT2D eigenvalue weighted by Crippen LogP contribution is -1.87. The molecule has 1 N–H and O–H groups in total. The molecule has 3 aromatic carbocycles. The fourth-order valence-electron chi connectivity index (χ4n) is 1.85. The summed E-state index contributed by atoms with van der Waals surface area (Å²) in [4.78, 5) is 0. The zero-order valence-electron chi connectivity index (χ0n) is 15.4. The van der Waals surface area contributed by atoms with E-state index >= 15 is 0 Å². The van der Waals surface area contributed by atoms with Gasteiger partial charge in [0.2, 0.25) is 0 Å². The highest BCUT2D eigenvalue weighted by atomic mass is 79.9. The third kappa shape index (κ3) is 2.10. The molecule has 0 unspecified atom stereocenters. The molecular formula is C16H10BrFO. The fourth-order valence-corrected chi connectivity index (χ4v) is 2.21. The van der Waals surface area contributed by atoms with Crippen molar-refractivity contribution in [3.8, 4) is 16.9 Å². The van der Waals surface area contributed by atoms with Crippen LogP contribution in [-0.4, -0.2) is 5.11 Å². The summed E-state index contributed by atoms with van der Waals surface area (Å²) >= 11 is 3.19. The summed E-state index contributed by atoms with van der Waals surface area (Å²) in [6.45, 7) is 0. The van der Waals surface area contributed by atoms with Gasteiger partial charge < -0.3 is 5.11 Å². The van der Waals surface area contributed by atoms with E-state index in [0.717, 1.165) is 6.07 Å². The van der Waals surface area contributed by atoms with E-state index in [1.54, 1.807) is 0 Å². The van der Waals surface area contributed by atoms with Crippen molar-refractivity contribution in [2.24, 2.45) is 0 Å². The van der Waals surface area contributed by atoms with Crippen LogP contribution in [0.5, 0.6) is 5.75 Å². The van der Waals surface area contributed by atoms with Crippen molar-refractivity contribution < 1.29 is 17.7 Å². The Morgan fingerprint density at radius 1 is 1.11 bits per heavy atom. The van der Waals surface area contributed by atoms with Gasteiger partial charge in [-0.3, -0.25) is 0 Å². The molecule has 0 aliphatic heterocycles. The van der Waals surface area contributed by atoms with Gasteiger partial charge in [0.15, 0.2) is 0 Å². The van der Waals surface area contributed by atoms with E-state index in [1.807, 2.05) is 0 Å². The van der Waals surface area contributed by atoms with Gasteiger partial charge in [0.05, 0.1) is 8.22 Å². The molecular weight excluding hydrogens is 307 g/mol. The van der Waals surface area contributed by atoms with Crippen LogP contribution in [0.15, 0.2) is 58.9 Å². The van der Waals surface area contributed by atoms with E-state index in [-0.39, 0.29) is 21.9 Å². The van der Waals surface area contributed by atoms with Gasteiger partial charge in [-0.25, -0.2) is 4.39 Å². The van der Waals surface area contributed by atoms with Crippen LogP contribution < -0.4 is 0 Å². The molecule has 0 fully saturated rings.